The third-order valence-corrected chi connectivity index (χ3v) is 7.50. The minimum Gasteiger partial charge on any atom is -0.492 e. The van der Waals surface area contributed by atoms with Crippen molar-refractivity contribution in [2.75, 3.05) is 32.9 Å². The molecule has 1 aliphatic heterocycles. The molecule has 1 aliphatic rings. The number of aliphatic hydroxyl groups excluding tert-OH is 1. The summed E-state index contributed by atoms with van der Waals surface area (Å²) in [5.74, 6) is 0.657. The number of aromatic nitrogens is 2. The van der Waals surface area contributed by atoms with Crippen LogP contribution in [0.15, 0.2) is 79.0 Å². The Labute approximate surface area is 240 Å². The first-order chi connectivity index (χ1) is 20.1. The van der Waals surface area contributed by atoms with Gasteiger partial charge in [-0.1, -0.05) is 55.5 Å². The highest BCUT2D eigenvalue weighted by Crippen LogP contribution is 2.37. The lowest BCUT2D eigenvalue weighted by atomic mass is 9.88. The largest absolute Gasteiger partial charge is 0.492 e. The Bertz CT molecular complexity index is 1470. The molecule has 1 saturated heterocycles. The Hall–Kier alpha value is -4.14. The fourth-order valence-corrected chi connectivity index (χ4v) is 5.45. The highest BCUT2D eigenvalue weighted by molar-refractivity contribution is 6.00. The van der Waals surface area contributed by atoms with Gasteiger partial charge in [-0.25, -0.2) is 9.48 Å². The van der Waals surface area contributed by atoms with Gasteiger partial charge in [-0.15, -0.1) is 0 Å². The monoisotopic (exact) mass is 555 g/mol. The van der Waals surface area contributed by atoms with Crippen LogP contribution in [0.3, 0.4) is 0 Å². The van der Waals surface area contributed by atoms with Gasteiger partial charge in [0.1, 0.15) is 12.4 Å². The number of benzene rings is 3. The minimum absolute atomic E-state index is 0.0172. The number of aliphatic hydroxyl groups is 1. The summed E-state index contributed by atoms with van der Waals surface area (Å²) in [5.41, 5.74) is 6.80. The molecular weight excluding hydrogens is 518 g/mol. The van der Waals surface area contributed by atoms with E-state index in [1.807, 2.05) is 29.1 Å². The maximum atomic E-state index is 11.3. The second-order valence-corrected chi connectivity index (χ2v) is 10.1. The molecule has 8 heteroatoms. The van der Waals surface area contributed by atoms with Crippen LogP contribution in [-0.4, -0.2) is 63.9 Å². The lowest BCUT2D eigenvalue weighted by Crippen LogP contribution is -2.35. The molecule has 1 aromatic heterocycles. The molecule has 214 valence electrons. The quantitative estimate of drug-likeness (QED) is 0.206. The zero-order valence-corrected chi connectivity index (χ0v) is 23.4. The van der Waals surface area contributed by atoms with Gasteiger partial charge in [0.2, 0.25) is 0 Å². The second kappa shape index (κ2) is 13.5. The Balaban J connectivity index is 1.47. The Morgan fingerprint density at radius 1 is 1.02 bits per heavy atom. The first-order valence-electron chi connectivity index (χ1n) is 14.3. The highest BCUT2D eigenvalue weighted by Gasteiger charge is 2.20. The van der Waals surface area contributed by atoms with Crippen molar-refractivity contribution in [2.24, 2.45) is 0 Å². The summed E-state index contributed by atoms with van der Waals surface area (Å²) in [6, 6.07) is 24.9. The average Bonchev–Trinajstić information content (AvgIpc) is 3.44. The fourth-order valence-electron chi connectivity index (χ4n) is 5.45. The van der Waals surface area contributed by atoms with Crippen LogP contribution in [0.1, 0.15) is 55.5 Å². The number of hydrogen-bond donors (Lipinski definition) is 2. The van der Waals surface area contributed by atoms with Crippen molar-refractivity contribution in [2.45, 2.75) is 38.8 Å². The average molecular weight is 556 g/mol. The molecule has 5 rings (SSSR count). The zero-order chi connectivity index (χ0) is 28.6. The van der Waals surface area contributed by atoms with Crippen LogP contribution in [0, 0.1) is 0 Å². The topological polar surface area (TPSA) is 97.0 Å². The van der Waals surface area contributed by atoms with Crippen molar-refractivity contribution in [1.29, 1.82) is 0 Å². The third-order valence-electron chi connectivity index (χ3n) is 7.50. The van der Waals surface area contributed by atoms with E-state index in [1.165, 1.54) is 11.1 Å². The summed E-state index contributed by atoms with van der Waals surface area (Å²) in [6.45, 7) is 3.16. The Morgan fingerprint density at radius 3 is 2.49 bits per heavy atom. The number of rotatable bonds is 11. The summed E-state index contributed by atoms with van der Waals surface area (Å²) in [4.78, 5) is 12.4. The van der Waals surface area contributed by atoms with Gasteiger partial charge in [-0.05, 0) is 77.8 Å². The van der Waals surface area contributed by atoms with Crippen molar-refractivity contribution in [3.8, 4) is 5.75 Å². The summed E-state index contributed by atoms with van der Waals surface area (Å²) >= 11 is 0. The molecule has 3 aromatic carbocycles. The number of nitrogens with zero attached hydrogens (tertiary/aromatic N) is 3. The standard InChI is InChI=1S/C33H37N3O5/c1-2-29(24-8-4-3-5-9-24)32(25-11-14-28(15-12-25)40-21-18-35(17-19-37)33(38)39)26-13-16-30-27(22-26)23-34-36(30)31-10-6-7-20-41-31/h3-5,8-9,11-16,22-23,31,37H,2,6-7,10,17-21H2,1H3,(H,38,39)/b32-29+. The molecule has 1 atom stereocenters. The van der Waals surface area contributed by atoms with Gasteiger partial charge in [0.15, 0.2) is 6.23 Å². The van der Waals surface area contributed by atoms with Gasteiger partial charge >= 0.3 is 6.09 Å². The number of allylic oxidation sites excluding steroid dienone is 1. The van der Waals surface area contributed by atoms with Crippen molar-refractivity contribution >= 4 is 28.1 Å². The van der Waals surface area contributed by atoms with E-state index in [9.17, 15) is 9.90 Å². The Morgan fingerprint density at radius 2 is 1.80 bits per heavy atom. The van der Waals surface area contributed by atoms with Gasteiger partial charge in [0.25, 0.3) is 0 Å². The van der Waals surface area contributed by atoms with E-state index in [0.717, 1.165) is 64.8 Å². The maximum Gasteiger partial charge on any atom is 0.407 e. The van der Waals surface area contributed by atoms with Crippen molar-refractivity contribution in [3.63, 3.8) is 0 Å². The van der Waals surface area contributed by atoms with Crippen LogP contribution >= 0.6 is 0 Å². The predicted octanol–water partition coefficient (Wildman–Crippen LogP) is 6.46. The minimum atomic E-state index is -1.07. The fraction of sp³-hybridized carbons (Fsp3) is 0.333. The molecule has 0 bridgehead atoms. The molecule has 2 heterocycles. The van der Waals surface area contributed by atoms with Crippen LogP contribution in [0.4, 0.5) is 4.79 Å². The van der Waals surface area contributed by atoms with Crippen LogP contribution in [0.5, 0.6) is 5.75 Å². The van der Waals surface area contributed by atoms with E-state index in [0.29, 0.717) is 5.75 Å². The van der Waals surface area contributed by atoms with Gasteiger partial charge in [0.05, 0.1) is 24.9 Å². The predicted molar refractivity (Wildman–Crippen MR) is 160 cm³/mol. The number of ether oxygens (including phenoxy) is 2. The first kappa shape index (κ1) is 28.4. The zero-order valence-electron chi connectivity index (χ0n) is 23.4. The van der Waals surface area contributed by atoms with Gasteiger partial charge in [-0.3, -0.25) is 0 Å². The molecule has 8 nitrogen and oxygen atoms in total. The van der Waals surface area contributed by atoms with E-state index in [1.54, 1.807) is 0 Å². The van der Waals surface area contributed by atoms with Gasteiger partial charge in [0, 0.05) is 18.5 Å². The van der Waals surface area contributed by atoms with E-state index in [2.05, 4.69) is 61.5 Å². The van der Waals surface area contributed by atoms with Crippen LogP contribution in [0.2, 0.25) is 0 Å². The summed E-state index contributed by atoms with van der Waals surface area (Å²) in [7, 11) is 0. The van der Waals surface area contributed by atoms with E-state index in [4.69, 9.17) is 19.7 Å². The lowest BCUT2D eigenvalue weighted by Gasteiger charge is -2.23. The number of carbonyl (C=O) groups is 1. The Kier molecular flexibility index (Phi) is 9.33. The molecule has 1 fully saturated rings. The molecular formula is C33H37N3O5. The molecule has 4 aromatic rings. The van der Waals surface area contributed by atoms with Crippen molar-refractivity contribution < 1.29 is 24.5 Å². The number of amides is 1. The molecule has 1 amide bonds. The smallest absolute Gasteiger partial charge is 0.407 e. The number of carboxylic acid groups (broad SMARTS) is 1. The number of hydrogen-bond acceptors (Lipinski definition) is 5. The molecule has 0 spiro atoms. The van der Waals surface area contributed by atoms with Crippen LogP contribution in [0.25, 0.3) is 22.0 Å². The van der Waals surface area contributed by atoms with Crippen molar-refractivity contribution in [1.82, 2.24) is 14.7 Å². The first-order valence-corrected chi connectivity index (χ1v) is 14.3. The molecule has 2 N–H and O–H groups in total. The van der Waals surface area contributed by atoms with E-state index < -0.39 is 6.09 Å². The third kappa shape index (κ3) is 6.61. The summed E-state index contributed by atoms with van der Waals surface area (Å²) in [6.07, 6.45) is 4.90. The molecule has 41 heavy (non-hydrogen) atoms. The number of fused-ring (bicyclic) bond motifs is 1. The second-order valence-electron chi connectivity index (χ2n) is 10.1. The maximum absolute atomic E-state index is 11.3. The highest BCUT2D eigenvalue weighted by atomic mass is 16.5. The van der Waals surface area contributed by atoms with E-state index in [-0.39, 0.29) is 32.5 Å². The van der Waals surface area contributed by atoms with Gasteiger partial charge in [-0.2, -0.15) is 5.10 Å². The molecule has 0 radical (unpaired) electrons. The summed E-state index contributed by atoms with van der Waals surface area (Å²) in [5, 5.41) is 24.1. The molecule has 0 saturated carbocycles. The lowest BCUT2D eigenvalue weighted by molar-refractivity contribution is -0.0366. The van der Waals surface area contributed by atoms with Crippen molar-refractivity contribution in [3.05, 3.63) is 95.7 Å². The van der Waals surface area contributed by atoms with Gasteiger partial charge < -0.3 is 24.6 Å². The van der Waals surface area contributed by atoms with Crippen LogP contribution in [-0.2, 0) is 4.74 Å². The van der Waals surface area contributed by atoms with Crippen LogP contribution < -0.4 is 4.74 Å². The SMILES string of the molecule is CC/C(=C(/c1ccc(OCCN(CCO)C(=O)O)cc1)c1ccc2c(cnn2C2CCCCO2)c1)c1ccccc1. The molecule has 0 aliphatic carbocycles. The molecule has 1 unspecified atom stereocenters. The summed E-state index contributed by atoms with van der Waals surface area (Å²) < 4.78 is 13.9. The van der Waals surface area contributed by atoms with E-state index >= 15 is 0 Å². The normalized spacial score (nSPS) is 15.9.